The number of piperazine rings is 1. The highest BCUT2D eigenvalue weighted by atomic mass is 19.3. The number of hydrogen-bond donors (Lipinski definition) is 0. The van der Waals surface area contributed by atoms with Crippen LogP contribution in [0.5, 0.6) is 0 Å². The Balaban J connectivity index is 1.69. The van der Waals surface area contributed by atoms with Gasteiger partial charge in [-0.25, -0.2) is 18.6 Å². The van der Waals surface area contributed by atoms with Crippen molar-refractivity contribution < 1.29 is 18.3 Å². The first-order chi connectivity index (χ1) is 11.2. The largest absolute Gasteiger partial charge is 0.444 e. The molecule has 2 atom stereocenters. The fourth-order valence-corrected chi connectivity index (χ4v) is 3.42. The summed E-state index contributed by atoms with van der Waals surface area (Å²) >= 11 is 0. The van der Waals surface area contributed by atoms with Crippen LogP contribution in [0.3, 0.4) is 0 Å². The van der Waals surface area contributed by atoms with Gasteiger partial charge in [-0.3, -0.25) is 4.90 Å². The lowest BCUT2D eigenvalue weighted by atomic mass is 10.2. The topological polar surface area (TPSA) is 45.7 Å². The van der Waals surface area contributed by atoms with Gasteiger partial charge in [-0.15, -0.1) is 0 Å². The summed E-state index contributed by atoms with van der Waals surface area (Å²) in [4.78, 5) is 20.5. The number of rotatable bonds is 2. The summed E-state index contributed by atoms with van der Waals surface area (Å²) in [5.74, 6) is 0.681. The molecular weight excluding hydrogens is 316 g/mol. The van der Waals surface area contributed by atoms with Crippen LogP contribution in [0.1, 0.15) is 45.6 Å². The quantitative estimate of drug-likeness (QED) is 0.826. The number of pyridine rings is 1. The standard InChI is InChI=1S/C17H23F2N3O2/c1-17(2,3)24-16(23)22-12-5-6-13(22)10-21(9-12)14-7-4-11(8-20-14)15(18)19/h4,7-8,12-13,15H,5-6,9-10H2,1-3H3. The maximum atomic E-state index is 12.6. The van der Waals surface area contributed by atoms with E-state index in [1.807, 2.05) is 25.7 Å². The molecule has 132 valence electrons. The van der Waals surface area contributed by atoms with E-state index >= 15 is 0 Å². The van der Waals surface area contributed by atoms with E-state index < -0.39 is 12.0 Å². The lowest BCUT2D eigenvalue weighted by Crippen LogP contribution is -2.57. The number of carbonyl (C=O) groups is 1. The molecule has 24 heavy (non-hydrogen) atoms. The van der Waals surface area contributed by atoms with Crippen molar-refractivity contribution in [2.24, 2.45) is 0 Å². The zero-order valence-electron chi connectivity index (χ0n) is 14.2. The molecular formula is C17H23F2N3O2. The molecule has 2 aliphatic heterocycles. The summed E-state index contributed by atoms with van der Waals surface area (Å²) in [7, 11) is 0. The second kappa shape index (κ2) is 6.18. The lowest BCUT2D eigenvalue weighted by Gasteiger charge is -2.41. The van der Waals surface area contributed by atoms with Gasteiger partial charge in [0.15, 0.2) is 0 Å². The fraction of sp³-hybridized carbons (Fsp3) is 0.647. The summed E-state index contributed by atoms with van der Waals surface area (Å²) in [6.45, 7) is 6.88. The highest BCUT2D eigenvalue weighted by molar-refractivity contribution is 5.70. The van der Waals surface area contributed by atoms with E-state index in [1.54, 1.807) is 6.07 Å². The average molecular weight is 339 g/mol. The van der Waals surface area contributed by atoms with Crippen molar-refractivity contribution in [1.29, 1.82) is 0 Å². The summed E-state index contributed by atoms with van der Waals surface area (Å²) < 4.78 is 30.8. The van der Waals surface area contributed by atoms with Crippen molar-refractivity contribution in [2.45, 2.75) is 57.7 Å². The first-order valence-electron chi connectivity index (χ1n) is 8.25. The first-order valence-corrected chi connectivity index (χ1v) is 8.25. The summed E-state index contributed by atoms with van der Waals surface area (Å²) in [5.41, 5.74) is -0.588. The van der Waals surface area contributed by atoms with Gasteiger partial charge in [0.05, 0.1) is 12.1 Å². The maximum Gasteiger partial charge on any atom is 0.410 e. The second-order valence-electron chi connectivity index (χ2n) is 7.43. The molecule has 0 spiro atoms. The minimum Gasteiger partial charge on any atom is -0.444 e. The molecule has 0 aromatic carbocycles. The van der Waals surface area contributed by atoms with Gasteiger partial charge in [0.1, 0.15) is 11.4 Å². The van der Waals surface area contributed by atoms with Crippen molar-refractivity contribution in [3.63, 3.8) is 0 Å². The molecule has 0 saturated carbocycles. The Labute approximate surface area is 140 Å². The molecule has 5 nitrogen and oxygen atoms in total. The highest BCUT2D eigenvalue weighted by Crippen LogP contribution is 2.33. The van der Waals surface area contributed by atoms with Crippen LogP contribution in [0.25, 0.3) is 0 Å². The lowest BCUT2D eigenvalue weighted by molar-refractivity contribution is 0.0122. The van der Waals surface area contributed by atoms with Crippen LogP contribution >= 0.6 is 0 Å². The zero-order valence-corrected chi connectivity index (χ0v) is 14.2. The predicted molar refractivity (Wildman–Crippen MR) is 86.3 cm³/mol. The van der Waals surface area contributed by atoms with Crippen LogP contribution in [0.15, 0.2) is 18.3 Å². The molecule has 0 radical (unpaired) electrons. The van der Waals surface area contributed by atoms with Crippen LogP contribution in [0.2, 0.25) is 0 Å². The Morgan fingerprint density at radius 1 is 1.25 bits per heavy atom. The predicted octanol–water partition coefficient (Wildman–Crippen LogP) is 3.61. The van der Waals surface area contributed by atoms with Crippen molar-refractivity contribution in [2.75, 3.05) is 18.0 Å². The molecule has 2 unspecified atom stereocenters. The molecule has 2 saturated heterocycles. The Hall–Kier alpha value is -1.92. The van der Waals surface area contributed by atoms with Crippen molar-refractivity contribution >= 4 is 11.9 Å². The number of nitrogens with zero attached hydrogens (tertiary/aromatic N) is 3. The van der Waals surface area contributed by atoms with Gasteiger partial charge in [-0.2, -0.15) is 0 Å². The van der Waals surface area contributed by atoms with Crippen molar-refractivity contribution in [1.82, 2.24) is 9.88 Å². The van der Waals surface area contributed by atoms with Crippen LogP contribution < -0.4 is 4.90 Å². The number of alkyl halides is 2. The third-order valence-corrected chi connectivity index (χ3v) is 4.43. The Kier molecular flexibility index (Phi) is 4.36. The molecule has 7 heteroatoms. The van der Waals surface area contributed by atoms with E-state index in [0.717, 1.165) is 12.8 Å². The maximum absolute atomic E-state index is 12.6. The molecule has 0 N–H and O–H groups in total. The van der Waals surface area contributed by atoms with Gasteiger partial charge in [-0.05, 0) is 45.7 Å². The summed E-state index contributed by atoms with van der Waals surface area (Å²) in [5, 5.41) is 0. The van der Waals surface area contributed by atoms with E-state index in [-0.39, 0.29) is 23.7 Å². The molecule has 3 heterocycles. The minimum absolute atomic E-state index is 0.0749. The van der Waals surface area contributed by atoms with Gasteiger partial charge < -0.3 is 9.64 Å². The monoisotopic (exact) mass is 339 g/mol. The Bertz CT molecular complexity index is 587. The number of anilines is 1. The smallest absolute Gasteiger partial charge is 0.410 e. The normalized spacial score (nSPS) is 23.8. The van der Waals surface area contributed by atoms with Gasteiger partial charge in [0, 0.05) is 24.8 Å². The van der Waals surface area contributed by atoms with E-state index in [0.29, 0.717) is 18.9 Å². The van der Waals surface area contributed by atoms with Gasteiger partial charge in [0.25, 0.3) is 6.43 Å². The van der Waals surface area contributed by atoms with Crippen LogP contribution in [-0.4, -0.2) is 46.8 Å². The van der Waals surface area contributed by atoms with Gasteiger partial charge in [0.2, 0.25) is 0 Å². The number of carbonyl (C=O) groups excluding carboxylic acids is 1. The Morgan fingerprint density at radius 2 is 1.88 bits per heavy atom. The summed E-state index contributed by atoms with van der Waals surface area (Å²) in [6.07, 6.45) is 0.301. The average Bonchev–Trinajstić information content (AvgIpc) is 2.76. The highest BCUT2D eigenvalue weighted by Gasteiger charge is 2.44. The number of amides is 1. The number of aromatic nitrogens is 1. The van der Waals surface area contributed by atoms with E-state index in [1.165, 1.54) is 12.3 Å². The molecule has 0 aliphatic carbocycles. The molecule has 2 bridgehead atoms. The second-order valence-corrected chi connectivity index (χ2v) is 7.43. The molecule has 2 fully saturated rings. The third-order valence-electron chi connectivity index (χ3n) is 4.43. The first kappa shape index (κ1) is 16.9. The molecule has 1 aromatic rings. The van der Waals surface area contributed by atoms with Gasteiger partial charge >= 0.3 is 6.09 Å². The minimum atomic E-state index is -2.51. The van der Waals surface area contributed by atoms with Crippen LogP contribution in [0, 0.1) is 0 Å². The van der Waals surface area contributed by atoms with Crippen LogP contribution in [0.4, 0.5) is 19.4 Å². The van der Waals surface area contributed by atoms with Crippen LogP contribution in [-0.2, 0) is 4.74 Å². The SMILES string of the molecule is CC(C)(C)OC(=O)N1C2CCC1CN(c1ccc(C(F)F)cn1)C2. The third kappa shape index (κ3) is 3.44. The molecule has 2 aliphatic rings. The van der Waals surface area contributed by atoms with Crippen molar-refractivity contribution in [3.8, 4) is 0 Å². The van der Waals surface area contributed by atoms with E-state index in [9.17, 15) is 13.6 Å². The van der Waals surface area contributed by atoms with Gasteiger partial charge in [-0.1, -0.05) is 0 Å². The van der Waals surface area contributed by atoms with Crippen molar-refractivity contribution in [3.05, 3.63) is 23.9 Å². The molecule has 3 rings (SSSR count). The Morgan fingerprint density at radius 3 is 2.33 bits per heavy atom. The molecule has 1 amide bonds. The number of halogens is 2. The van der Waals surface area contributed by atoms with E-state index in [4.69, 9.17) is 4.74 Å². The zero-order chi connectivity index (χ0) is 17.5. The van der Waals surface area contributed by atoms with E-state index in [2.05, 4.69) is 9.88 Å². The molecule has 1 aromatic heterocycles. The number of ether oxygens (including phenoxy) is 1. The number of fused-ring (bicyclic) bond motifs is 2. The fourth-order valence-electron chi connectivity index (χ4n) is 3.42. The summed E-state index contributed by atoms with van der Waals surface area (Å²) in [6, 6.07) is 3.20. The number of hydrogen-bond acceptors (Lipinski definition) is 4.